The third-order valence-electron chi connectivity index (χ3n) is 4.18. The molecule has 1 amide bonds. The fourth-order valence-electron chi connectivity index (χ4n) is 2.55. The molecule has 0 atom stereocenters. The third kappa shape index (κ3) is 5.29. The molecule has 0 unspecified atom stereocenters. The summed E-state index contributed by atoms with van der Waals surface area (Å²) in [6.07, 6.45) is 0. The van der Waals surface area contributed by atoms with E-state index in [1.807, 2.05) is 31.2 Å². The van der Waals surface area contributed by atoms with Crippen molar-refractivity contribution in [2.45, 2.75) is 13.5 Å². The van der Waals surface area contributed by atoms with E-state index in [0.29, 0.717) is 12.2 Å². The van der Waals surface area contributed by atoms with Gasteiger partial charge in [0.05, 0.1) is 10.5 Å². The van der Waals surface area contributed by atoms with Gasteiger partial charge in [-0.3, -0.25) is 14.9 Å². The van der Waals surface area contributed by atoms with E-state index in [0.717, 1.165) is 17.2 Å². The predicted octanol–water partition coefficient (Wildman–Crippen LogP) is 2.78. The van der Waals surface area contributed by atoms with Gasteiger partial charge in [0, 0.05) is 33.8 Å². The quantitative estimate of drug-likeness (QED) is 0.413. The molecule has 28 heavy (non-hydrogen) atoms. The van der Waals surface area contributed by atoms with Crippen LogP contribution < -0.4 is 4.90 Å². The monoisotopic (exact) mass is 385 g/mol. The Morgan fingerprint density at radius 1 is 1.07 bits per heavy atom. The van der Waals surface area contributed by atoms with Crippen LogP contribution in [0.25, 0.3) is 0 Å². The lowest BCUT2D eigenvalue weighted by atomic mass is 10.1. The lowest BCUT2D eigenvalue weighted by Gasteiger charge is -2.17. The Balaban J connectivity index is 1.99. The van der Waals surface area contributed by atoms with Gasteiger partial charge in [-0.05, 0) is 24.6 Å². The molecule has 2 aromatic carbocycles. The molecule has 8 nitrogen and oxygen atoms in total. The highest BCUT2D eigenvalue weighted by molar-refractivity contribution is 5.93. The van der Waals surface area contributed by atoms with Crippen LogP contribution >= 0.6 is 0 Å². The molecule has 0 aliphatic carbocycles. The maximum absolute atomic E-state index is 12.2. The number of benzene rings is 2. The van der Waals surface area contributed by atoms with E-state index in [1.165, 1.54) is 17.0 Å². The molecule has 0 fully saturated rings. The number of amides is 1. The summed E-state index contributed by atoms with van der Waals surface area (Å²) in [5.74, 6) is -1.15. The van der Waals surface area contributed by atoms with Crippen molar-refractivity contribution in [3.63, 3.8) is 0 Å². The lowest BCUT2D eigenvalue weighted by Crippen LogP contribution is -2.30. The van der Waals surface area contributed by atoms with Crippen LogP contribution in [-0.2, 0) is 16.1 Å². The number of nitro benzene ring substituents is 1. The number of rotatable bonds is 7. The van der Waals surface area contributed by atoms with Gasteiger partial charge in [-0.25, -0.2) is 4.79 Å². The van der Waals surface area contributed by atoms with Crippen molar-refractivity contribution in [2.75, 3.05) is 32.6 Å². The number of hydrogen-bond acceptors (Lipinski definition) is 6. The molecule has 148 valence electrons. The molecule has 0 spiro atoms. The van der Waals surface area contributed by atoms with E-state index in [4.69, 9.17) is 4.74 Å². The molecular weight excluding hydrogens is 362 g/mol. The lowest BCUT2D eigenvalue weighted by molar-refractivity contribution is -0.384. The van der Waals surface area contributed by atoms with Gasteiger partial charge in [-0.1, -0.05) is 29.8 Å². The Bertz CT molecular complexity index is 878. The van der Waals surface area contributed by atoms with Crippen LogP contribution in [0.1, 0.15) is 21.5 Å². The van der Waals surface area contributed by atoms with Gasteiger partial charge in [0.25, 0.3) is 11.6 Å². The van der Waals surface area contributed by atoms with Crippen LogP contribution in [0, 0.1) is 17.0 Å². The summed E-state index contributed by atoms with van der Waals surface area (Å²) in [6, 6.07) is 11.8. The number of likely N-dealkylation sites (N-methyl/N-ethyl adjacent to an activating group) is 1. The zero-order valence-electron chi connectivity index (χ0n) is 16.3. The van der Waals surface area contributed by atoms with E-state index in [2.05, 4.69) is 0 Å². The summed E-state index contributed by atoms with van der Waals surface area (Å²) in [4.78, 5) is 38.1. The van der Waals surface area contributed by atoms with Gasteiger partial charge in [-0.2, -0.15) is 0 Å². The molecule has 0 N–H and O–H groups in total. The first-order chi connectivity index (χ1) is 13.2. The third-order valence-corrected chi connectivity index (χ3v) is 4.18. The molecule has 0 saturated carbocycles. The minimum absolute atomic E-state index is 0.0197. The summed E-state index contributed by atoms with van der Waals surface area (Å²) < 4.78 is 5.04. The van der Waals surface area contributed by atoms with Gasteiger partial charge >= 0.3 is 5.97 Å². The molecule has 0 bridgehead atoms. The zero-order chi connectivity index (χ0) is 20.8. The van der Waals surface area contributed by atoms with Crippen LogP contribution in [0.5, 0.6) is 0 Å². The van der Waals surface area contributed by atoms with Gasteiger partial charge < -0.3 is 14.5 Å². The first-order valence-corrected chi connectivity index (χ1v) is 8.61. The molecular formula is C20H23N3O5. The predicted molar refractivity (Wildman–Crippen MR) is 105 cm³/mol. The second kappa shape index (κ2) is 8.98. The number of ether oxygens (including phenoxy) is 1. The maximum Gasteiger partial charge on any atom is 0.338 e. The number of hydrogen-bond donors (Lipinski definition) is 0. The Labute approximate surface area is 163 Å². The topological polar surface area (TPSA) is 93.0 Å². The number of anilines is 1. The van der Waals surface area contributed by atoms with Crippen molar-refractivity contribution >= 4 is 23.3 Å². The molecule has 0 radical (unpaired) electrons. The second-order valence-corrected chi connectivity index (χ2v) is 6.67. The molecule has 0 aliphatic heterocycles. The van der Waals surface area contributed by atoms with Gasteiger partial charge in [0.2, 0.25) is 0 Å². The number of nitrogens with zero attached hydrogens (tertiary/aromatic N) is 3. The Morgan fingerprint density at radius 2 is 1.71 bits per heavy atom. The van der Waals surface area contributed by atoms with Crippen LogP contribution in [-0.4, -0.2) is 49.4 Å². The van der Waals surface area contributed by atoms with E-state index in [1.54, 1.807) is 26.0 Å². The highest BCUT2D eigenvalue weighted by Gasteiger charge is 2.20. The van der Waals surface area contributed by atoms with Crippen molar-refractivity contribution in [3.8, 4) is 0 Å². The summed E-state index contributed by atoms with van der Waals surface area (Å²) in [6.45, 7) is 1.93. The first kappa shape index (κ1) is 20.9. The van der Waals surface area contributed by atoms with Gasteiger partial charge in [0.1, 0.15) is 5.69 Å². The standard InChI is InChI=1S/C20H23N3O5/c1-14-5-7-15(8-6-14)12-22(4)19(24)13-28-20(25)16-9-10-17(21(2)3)18(11-16)23(26)27/h5-11H,12-13H2,1-4H3. The second-order valence-electron chi connectivity index (χ2n) is 6.67. The van der Waals surface area contributed by atoms with Crippen molar-refractivity contribution < 1.29 is 19.2 Å². The summed E-state index contributed by atoms with van der Waals surface area (Å²) in [5, 5.41) is 11.2. The number of aryl methyl sites for hydroxylation is 1. The van der Waals surface area contributed by atoms with Crippen LogP contribution in [0.2, 0.25) is 0 Å². The minimum Gasteiger partial charge on any atom is -0.452 e. The maximum atomic E-state index is 12.2. The number of carbonyl (C=O) groups is 2. The summed E-state index contributed by atoms with van der Waals surface area (Å²) in [7, 11) is 4.96. The fraction of sp³-hybridized carbons (Fsp3) is 0.300. The Morgan fingerprint density at radius 3 is 2.29 bits per heavy atom. The summed E-state index contributed by atoms with van der Waals surface area (Å²) >= 11 is 0. The van der Waals surface area contributed by atoms with E-state index in [9.17, 15) is 19.7 Å². The minimum atomic E-state index is -0.787. The van der Waals surface area contributed by atoms with Gasteiger partial charge in [-0.15, -0.1) is 0 Å². The highest BCUT2D eigenvalue weighted by atomic mass is 16.6. The zero-order valence-corrected chi connectivity index (χ0v) is 16.3. The first-order valence-electron chi connectivity index (χ1n) is 8.61. The number of esters is 1. The number of carbonyl (C=O) groups excluding carboxylic acids is 2. The van der Waals surface area contributed by atoms with Crippen LogP contribution in [0.15, 0.2) is 42.5 Å². The summed E-state index contributed by atoms with van der Waals surface area (Å²) in [5.41, 5.74) is 2.27. The molecule has 0 aromatic heterocycles. The van der Waals surface area contributed by atoms with Crippen molar-refractivity contribution in [3.05, 3.63) is 69.3 Å². The molecule has 0 aliphatic rings. The molecule has 2 rings (SSSR count). The van der Waals surface area contributed by atoms with Crippen molar-refractivity contribution in [1.82, 2.24) is 4.90 Å². The SMILES string of the molecule is Cc1ccc(CN(C)C(=O)COC(=O)c2ccc(N(C)C)c([N+](=O)[O-])c2)cc1. The van der Waals surface area contributed by atoms with E-state index >= 15 is 0 Å². The normalized spacial score (nSPS) is 10.3. The van der Waals surface area contributed by atoms with Crippen molar-refractivity contribution in [2.24, 2.45) is 0 Å². The van der Waals surface area contributed by atoms with Crippen LogP contribution in [0.4, 0.5) is 11.4 Å². The van der Waals surface area contributed by atoms with Crippen LogP contribution in [0.3, 0.4) is 0 Å². The number of nitro groups is 1. The van der Waals surface area contributed by atoms with E-state index < -0.39 is 17.5 Å². The largest absolute Gasteiger partial charge is 0.452 e. The molecule has 0 heterocycles. The molecule has 8 heteroatoms. The molecule has 0 saturated heterocycles. The van der Waals surface area contributed by atoms with Crippen molar-refractivity contribution in [1.29, 1.82) is 0 Å². The Hall–Kier alpha value is -3.42. The van der Waals surface area contributed by atoms with E-state index in [-0.39, 0.29) is 17.2 Å². The highest BCUT2D eigenvalue weighted by Crippen LogP contribution is 2.27. The average Bonchev–Trinajstić information content (AvgIpc) is 2.66. The smallest absolute Gasteiger partial charge is 0.338 e. The average molecular weight is 385 g/mol. The fourth-order valence-corrected chi connectivity index (χ4v) is 2.55. The van der Waals surface area contributed by atoms with Gasteiger partial charge in [0.15, 0.2) is 6.61 Å². The Kier molecular flexibility index (Phi) is 6.70. The molecule has 2 aromatic rings.